The summed E-state index contributed by atoms with van der Waals surface area (Å²) in [7, 11) is 0. The van der Waals surface area contributed by atoms with Crippen LogP contribution in [0.2, 0.25) is 0 Å². The van der Waals surface area contributed by atoms with Gasteiger partial charge in [0.1, 0.15) is 5.60 Å². The SMILES string of the molecule is CCC(=O)[C@@]1(O)CC[C@H]2[C@@H]3C[C@H](C)C4=Cc5c(cnn5CC5CC5CC)C[C@]4(C)[C@H]3[C@@H](O)C[C@@]21C. The zero-order valence-corrected chi connectivity index (χ0v) is 22.3. The molecule has 0 amide bonds. The van der Waals surface area contributed by atoms with Crippen molar-refractivity contribution >= 4 is 11.9 Å². The average molecular weight is 481 g/mol. The van der Waals surface area contributed by atoms with E-state index in [0.29, 0.717) is 31.1 Å². The van der Waals surface area contributed by atoms with Gasteiger partial charge in [0.2, 0.25) is 0 Å². The topological polar surface area (TPSA) is 75.3 Å². The molecule has 0 saturated heterocycles. The summed E-state index contributed by atoms with van der Waals surface area (Å²) in [6, 6.07) is 0. The lowest BCUT2D eigenvalue weighted by Crippen LogP contribution is -2.62. The lowest BCUT2D eigenvalue weighted by atomic mass is 9.44. The number of nitrogens with zero attached hydrogens (tertiary/aromatic N) is 2. The number of hydrogen-bond donors (Lipinski definition) is 2. The number of carbonyl (C=O) groups is 1. The van der Waals surface area contributed by atoms with Crippen molar-refractivity contribution in [3.05, 3.63) is 23.0 Å². The fourth-order valence-electron chi connectivity index (χ4n) is 9.84. The lowest BCUT2D eigenvalue weighted by molar-refractivity contribution is -0.181. The summed E-state index contributed by atoms with van der Waals surface area (Å²) < 4.78 is 2.25. The summed E-state index contributed by atoms with van der Waals surface area (Å²) in [5, 5.41) is 28.2. The highest BCUT2D eigenvalue weighted by molar-refractivity contribution is 5.88. The Bertz CT molecular complexity index is 1080. The van der Waals surface area contributed by atoms with Gasteiger partial charge >= 0.3 is 0 Å². The predicted octanol–water partition coefficient (Wildman–Crippen LogP) is 5.04. The second-order valence-electron chi connectivity index (χ2n) is 13.4. The van der Waals surface area contributed by atoms with Gasteiger partial charge in [0.15, 0.2) is 5.78 Å². The van der Waals surface area contributed by atoms with Crippen LogP contribution in [0, 0.1) is 46.3 Å². The third-order valence-electron chi connectivity index (χ3n) is 11.8. The molecule has 0 aliphatic heterocycles. The second kappa shape index (κ2) is 7.77. The van der Waals surface area contributed by atoms with E-state index in [-0.39, 0.29) is 23.0 Å². The highest BCUT2D eigenvalue weighted by Crippen LogP contribution is 2.68. The molecule has 6 rings (SSSR count). The number of rotatable bonds is 5. The summed E-state index contributed by atoms with van der Waals surface area (Å²) in [5.41, 5.74) is 2.16. The van der Waals surface area contributed by atoms with E-state index in [1.165, 1.54) is 29.7 Å². The van der Waals surface area contributed by atoms with Crippen molar-refractivity contribution in [2.24, 2.45) is 46.3 Å². The Morgan fingerprint density at radius 2 is 2.00 bits per heavy atom. The Balaban J connectivity index is 1.34. The Morgan fingerprint density at radius 3 is 2.69 bits per heavy atom. The van der Waals surface area contributed by atoms with Crippen LogP contribution in [-0.2, 0) is 17.8 Å². The Labute approximate surface area is 210 Å². The van der Waals surface area contributed by atoms with E-state index in [1.54, 1.807) is 0 Å². The molecule has 4 fully saturated rings. The van der Waals surface area contributed by atoms with Gasteiger partial charge in [-0.2, -0.15) is 5.10 Å². The maximum absolute atomic E-state index is 12.9. The first-order valence-corrected chi connectivity index (χ1v) is 14.3. The number of carbonyl (C=O) groups excluding carboxylic acids is 1. The quantitative estimate of drug-likeness (QED) is 0.619. The van der Waals surface area contributed by atoms with E-state index in [9.17, 15) is 15.0 Å². The molecule has 5 aliphatic carbocycles. The van der Waals surface area contributed by atoms with E-state index >= 15 is 0 Å². The fourth-order valence-corrected chi connectivity index (χ4v) is 9.84. The van der Waals surface area contributed by atoms with Crippen LogP contribution in [0.15, 0.2) is 11.8 Å². The fraction of sp³-hybridized carbons (Fsp3) is 0.800. The van der Waals surface area contributed by atoms with E-state index in [0.717, 1.165) is 37.6 Å². The van der Waals surface area contributed by atoms with Gasteiger partial charge in [0.25, 0.3) is 0 Å². The lowest BCUT2D eigenvalue weighted by Gasteiger charge is -2.61. The van der Waals surface area contributed by atoms with E-state index in [2.05, 4.69) is 44.6 Å². The van der Waals surface area contributed by atoms with Crippen LogP contribution in [0.25, 0.3) is 6.08 Å². The number of Topliss-reactive ketones (excluding diaryl/α,β-unsaturated/α-hetero) is 1. The second-order valence-corrected chi connectivity index (χ2v) is 13.4. The molecular weight excluding hydrogens is 436 g/mol. The summed E-state index contributed by atoms with van der Waals surface area (Å²) in [6.45, 7) is 12.0. The van der Waals surface area contributed by atoms with E-state index < -0.39 is 17.1 Å². The number of allylic oxidation sites excluding steroid dienone is 1. The van der Waals surface area contributed by atoms with Gasteiger partial charge in [-0.1, -0.05) is 46.6 Å². The first-order valence-electron chi connectivity index (χ1n) is 14.3. The number of hydrogen-bond acceptors (Lipinski definition) is 4. The maximum Gasteiger partial charge on any atom is 0.164 e. The highest BCUT2D eigenvalue weighted by atomic mass is 16.3. The molecule has 5 nitrogen and oxygen atoms in total. The number of fused-ring (bicyclic) bond motifs is 6. The van der Waals surface area contributed by atoms with Crippen molar-refractivity contribution in [3.8, 4) is 0 Å². The predicted molar refractivity (Wildman–Crippen MR) is 136 cm³/mol. The molecule has 1 aromatic rings. The molecule has 0 bridgehead atoms. The van der Waals surface area contributed by atoms with Gasteiger partial charge in [-0.25, -0.2) is 0 Å². The largest absolute Gasteiger partial charge is 0.393 e. The van der Waals surface area contributed by atoms with Crippen molar-refractivity contribution in [2.75, 3.05) is 0 Å². The van der Waals surface area contributed by atoms with Crippen molar-refractivity contribution < 1.29 is 15.0 Å². The number of aromatic nitrogens is 2. The zero-order valence-electron chi connectivity index (χ0n) is 22.3. The first kappa shape index (κ1) is 23.9. The molecule has 2 unspecified atom stereocenters. The Kier molecular flexibility index (Phi) is 5.31. The van der Waals surface area contributed by atoms with Gasteiger partial charge in [-0.05, 0) is 91.1 Å². The molecule has 0 spiro atoms. The summed E-state index contributed by atoms with van der Waals surface area (Å²) in [5.74, 6) is 2.78. The standard InChI is InChI=1S/C30H44N2O3/c1-6-18-11-19(18)16-32-24-12-23-17(3)10-21-22-8-9-30(35,26(34)7-2)29(22,5)14-25(33)27(21)28(23,4)13-20(24)15-31-32/h12,15,17-19,21-22,25,27,33,35H,6-11,13-14,16H2,1-5H3/t17-,18?,19?,21-,22-,25-,27+,28-,29-,30-/m0/s1. The molecule has 1 heterocycles. The van der Waals surface area contributed by atoms with Crippen LogP contribution in [0.1, 0.15) is 90.8 Å². The number of aliphatic hydroxyl groups excluding tert-OH is 1. The smallest absolute Gasteiger partial charge is 0.164 e. The normalized spacial score (nSPS) is 47.9. The van der Waals surface area contributed by atoms with Crippen LogP contribution in [0.5, 0.6) is 0 Å². The molecule has 5 heteroatoms. The van der Waals surface area contributed by atoms with Gasteiger partial charge in [-0.3, -0.25) is 9.48 Å². The van der Waals surface area contributed by atoms with Gasteiger partial charge < -0.3 is 10.2 Å². The number of ketones is 1. The average Bonchev–Trinajstić information content (AvgIpc) is 3.38. The first-order chi connectivity index (χ1) is 16.6. The third kappa shape index (κ3) is 3.13. The van der Waals surface area contributed by atoms with Crippen LogP contribution < -0.4 is 0 Å². The zero-order chi connectivity index (χ0) is 24.9. The molecular formula is C30H44N2O3. The minimum absolute atomic E-state index is 0.0421. The van der Waals surface area contributed by atoms with E-state index in [1.807, 2.05) is 6.92 Å². The minimum Gasteiger partial charge on any atom is -0.393 e. The molecule has 0 radical (unpaired) electrons. The monoisotopic (exact) mass is 480 g/mol. The van der Waals surface area contributed by atoms with E-state index in [4.69, 9.17) is 5.10 Å². The van der Waals surface area contributed by atoms with Gasteiger partial charge in [0, 0.05) is 18.4 Å². The van der Waals surface area contributed by atoms with Crippen molar-refractivity contribution in [3.63, 3.8) is 0 Å². The van der Waals surface area contributed by atoms with Crippen molar-refractivity contribution in [2.45, 2.75) is 104 Å². The summed E-state index contributed by atoms with van der Waals surface area (Å²) in [6.07, 6.45) is 10.9. The molecule has 2 N–H and O–H groups in total. The van der Waals surface area contributed by atoms with Crippen LogP contribution in [0.4, 0.5) is 0 Å². The Morgan fingerprint density at radius 1 is 1.23 bits per heavy atom. The molecule has 10 atom stereocenters. The van der Waals surface area contributed by atoms with Crippen molar-refractivity contribution in [1.29, 1.82) is 0 Å². The maximum atomic E-state index is 12.9. The Hall–Kier alpha value is -1.46. The summed E-state index contributed by atoms with van der Waals surface area (Å²) >= 11 is 0. The van der Waals surface area contributed by atoms with Crippen LogP contribution in [0.3, 0.4) is 0 Å². The van der Waals surface area contributed by atoms with Gasteiger partial charge in [0.05, 0.1) is 18.0 Å². The highest BCUT2D eigenvalue weighted by Gasteiger charge is 2.68. The molecule has 192 valence electrons. The summed E-state index contributed by atoms with van der Waals surface area (Å²) in [4.78, 5) is 12.9. The molecule has 0 aromatic carbocycles. The van der Waals surface area contributed by atoms with Crippen LogP contribution in [-0.4, -0.2) is 37.5 Å². The minimum atomic E-state index is -1.29. The van der Waals surface area contributed by atoms with Crippen LogP contribution >= 0.6 is 0 Å². The molecule has 5 aliphatic rings. The number of aliphatic hydroxyl groups is 2. The van der Waals surface area contributed by atoms with Gasteiger partial charge in [-0.15, -0.1) is 0 Å². The molecule has 4 saturated carbocycles. The molecule has 1 aromatic heterocycles. The third-order valence-corrected chi connectivity index (χ3v) is 11.8. The van der Waals surface area contributed by atoms with Crippen molar-refractivity contribution in [1.82, 2.24) is 9.78 Å². The molecule has 35 heavy (non-hydrogen) atoms.